The van der Waals surface area contributed by atoms with Gasteiger partial charge >= 0.3 is 6.16 Å². The number of hydrogen-bond acceptors (Lipinski definition) is 4. The molecule has 0 radical (unpaired) electrons. The van der Waals surface area contributed by atoms with E-state index in [1.807, 2.05) is 0 Å². The number of carboxylic acid groups (broad SMARTS) is 1. The summed E-state index contributed by atoms with van der Waals surface area (Å²) in [4.78, 5) is 22.1. The molecular weight excluding hydrogens is 126 g/mol. The number of rotatable bonds is 2. The van der Waals surface area contributed by atoms with Crippen LogP contribution in [0.2, 0.25) is 0 Å². The summed E-state index contributed by atoms with van der Waals surface area (Å²) < 4.78 is 3.98. The zero-order valence-corrected chi connectivity index (χ0v) is 4.70. The highest BCUT2D eigenvalue weighted by Gasteiger charge is 2.02. The van der Waals surface area contributed by atoms with E-state index in [2.05, 4.69) is 9.73 Å². The van der Waals surface area contributed by atoms with Crippen LogP contribution in [0.5, 0.6) is 0 Å². The molecule has 0 bridgehead atoms. The van der Waals surface area contributed by atoms with Crippen molar-refractivity contribution in [2.75, 3.05) is 0 Å². The highest BCUT2D eigenvalue weighted by atomic mass is 16.7. The number of isocyanates is 1. The molecule has 5 nitrogen and oxygen atoms in total. The van der Waals surface area contributed by atoms with E-state index in [0.29, 0.717) is 0 Å². The largest absolute Gasteiger partial charge is 0.507 e. The van der Waals surface area contributed by atoms with Crippen LogP contribution in [0.3, 0.4) is 0 Å². The summed E-state index contributed by atoms with van der Waals surface area (Å²) in [6.45, 7) is 1.32. The predicted molar refractivity (Wildman–Crippen MR) is 26.7 cm³/mol. The first-order valence-electron chi connectivity index (χ1n) is 2.13. The van der Waals surface area contributed by atoms with Gasteiger partial charge in [-0.25, -0.2) is 9.59 Å². The average molecular weight is 131 g/mol. The summed E-state index contributed by atoms with van der Waals surface area (Å²) in [6.07, 6.45) is -1.26. The van der Waals surface area contributed by atoms with E-state index in [4.69, 9.17) is 5.11 Å². The Hall–Kier alpha value is -1.35. The van der Waals surface area contributed by atoms with Crippen molar-refractivity contribution in [1.82, 2.24) is 0 Å². The maximum Gasteiger partial charge on any atom is 0.507 e. The Bertz CT molecular complexity index is 149. The average Bonchev–Trinajstić information content (AvgIpc) is 1.63. The zero-order valence-electron chi connectivity index (χ0n) is 4.70. The lowest BCUT2D eigenvalue weighted by molar-refractivity contribution is 0.0626. The molecule has 0 heterocycles. The highest BCUT2D eigenvalue weighted by molar-refractivity contribution is 5.57. The molecule has 5 heteroatoms. The van der Waals surface area contributed by atoms with Gasteiger partial charge in [0.1, 0.15) is 0 Å². The quantitative estimate of drug-likeness (QED) is 0.333. The van der Waals surface area contributed by atoms with Gasteiger partial charge in [0.15, 0.2) is 0 Å². The molecule has 0 aliphatic carbocycles. The van der Waals surface area contributed by atoms with E-state index in [1.165, 1.54) is 6.92 Å². The first-order chi connectivity index (χ1) is 4.16. The molecule has 0 aromatic heterocycles. The highest BCUT2D eigenvalue weighted by Crippen LogP contribution is 1.89. The topological polar surface area (TPSA) is 76.0 Å². The number of hydrogen-bond donors (Lipinski definition) is 1. The lowest BCUT2D eigenvalue weighted by Crippen LogP contribution is -2.09. The van der Waals surface area contributed by atoms with E-state index < -0.39 is 12.4 Å². The van der Waals surface area contributed by atoms with Crippen LogP contribution >= 0.6 is 0 Å². The van der Waals surface area contributed by atoms with Crippen molar-refractivity contribution >= 4 is 12.2 Å². The number of carbonyl (C=O) groups is 1. The van der Waals surface area contributed by atoms with E-state index >= 15 is 0 Å². The molecule has 1 N–H and O–H groups in total. The van der Waals surface area contributed by atoms with Crippen LogP contribution in [-0.2, 0) is 9.53 Å². The van der Waals surface area contributed by atoms with E-state index in [1.54, 1.807) is 0 Å². The Morgan fingerprint density at radius 2 is 2.44 bits per heavy atom. The predicted octanol–water partition coefficient (Wildman–Crippen LogP) is 0.363. The SMILES string of the molecule is CC(N=C=O)OC(=O)O. The first kappa shape index (κ1) is 7.65. The molecule has 0 saturated heterocycles. The third-order valence-corrected chi connectivity index (χ3v) is 0.506. The number of nitrogens with zero attached hydrogens (tertiary/aromatic N) is 1. The van der Waals surface area contributed by atoms with Crippen molar-refractivity contribution in [3.05, 3.63) is 0 Å². The fraction of sp³-hybridized carbons (Fsp3) is 0.500. The van der Waals surface area contributed by atoms with Crippen LogP contribution < -0.4 is 0 Å². The van der Waals surface area contributed by atoms with Crippen LogP contribution in [0.1, 0.15) is 6.92 Å². The fourth-order valence-corrected chi connectivity index (χ4v) is 0.246. The summed E-state index contributed by atoms with van der Waals surface area (Å²) in [7, 11) is 0. The molecule has 1 atom stereocenters. The van der Waals surface area contributed by atoms with E-state index in [0.717, 1.165) is 6.08 Å². The summed E-state index contributed by atoms with van der Waals surface area (Å²) >= 11 is 0. The molecule has 0 amide bonds. The van der Waals surface area contributed by atoms with E-state index in [-0.39, 0.29) is 0 Å². The van der Waals surface area contributed by atoms with Gasteiger partial charge in [0.2, 0.25) is 12.3 Å². The number of carbonyl (C=O) groups excluding carboxylic acids is 1. The maximum atomic E-state index is 9.67. The molecule has 9 heavy (non-hydrogen) atoms. The summed E-state index contributed by atoms with van der Waals surface area (Å²) in [5, 5.41) is 7.90. The molecule has 0 aliphatic rings. The molecule has 0 aromatic rings. The van der Waals surface area contributed by atoms with Crippen molar-refractivity contribution in [2.45, 2.75) is 13.2 Å². The molecule has 1 unspecified atom stereocenters. The molecule has 50 valence electrons. The summed E-state index contributed by atoms with van der Waals surface area (Å²) in [6, 6.07) is 0. The minimum absolute atomic E-state index is 0.958. The molecule has 0 aliphatic heterocycles. The Morgan fingerprint density at radius 1 is 1.89 bits per heavy atom. The normalized spacial score (nSPS) is 11.2. The van der Waals surface area contributed by atoms with Crippen molar-refractivity contribution in [3.63, 3.8) is 0 Å². The van der Waals surface area contributed by atoms with Gasteiger partial charge in [-0.3, -0.25) is 0 Å². The third-order valence-electron chi connectivity index (χ3n) is 0.506. The molecular formula is C4H5NO4. The molecule has 0 aromatic carbocycles. The molecule has 0 spiro atoms. The Balaban J connectivity index is 3.62. The second-order valence-electron chi connectivity index (χ2n) is 1.20. The van der Waals surface area contributed by atoms with Gasteiger partial charge in [0.05, 0.1) is 0 Å². The Kier molecular flexibility index (Phi) is 3.08. The fourth-order valence-electron chi connectivity index (χ4n) is 0.246. The van der Waals surface area contributed by atoms with Crippen LogP contribution in [-0.4, -0.2) is 23.6 Å². The second-order valence-corrected chi connectivity index (χ2v) is 1.20. The summed E-state index contributed by atoms with van der Waals surface area (Å²) in [5.74, 6) is 0. The first-order valence-corrected chi connectivity index (χ1v) is 2.13. The van der Waals surface area contributed by atoms with Gasteiger partial charge in [-0.15, -0.1) is 0 Å². The minimum Gasteiger partial charge on any atom is -0.450 e. The maximum absolute atomic E-state index is 9.67. The second kappa shape index (κ2) is 3.63. The monoisotopic (exact) mass is 131 g/mol. The van der Waals surface area contributed by atoms with Gasteiger partial charge in [-0.1, -0.05) is 0 Å². The van der Waals surface area contributed by atoms with Crippen LogP contribution in [0.15, 0.2) is 4.99 Å². The lowest BCUT2D eigenvalue weighted by Gasteiger charge is -1.99. The van der Waals surface area contributed by atoms with E-state index in [9.17, 15) is 9.59 Å². The van der Waals surface area contributed by atoms with Crippen LogP contribution in [0.4, 0.5) is 4.79 Å². The number of aliphatic imine (C=N–C) groups is 1. The molecule has 0 rings (SSSR count). The molecule has 0 saturated carbocycles. The van der Waals surface area contributed by atoms with Gasteiger partial charge in [-0.05, 0) is 6.92 Å². The number of ether oxygens (including phenoxy) is 1. The van der Waals surface area contributed by atoms with Crippen LogP contribution in [0.25, 0.3) is 0 Å². The zero-order chi connectivity index (χ0) is 7.28. The Morgan fingerprint density at radius 3 is 2.78 bits per heavy atom. The summed E-state index contributed by atoms with van der Waals surface area (Å²) in [5.41, 5.74) is 0. The smallest absolute Gasteiger partial charge is 0.450 e. The van der Waals surface area contributed by atoms with Crippen molar-refractivity contribution < 1.29 is 19.4 Å². The standard InChI is InChI=1S/C4H5NO4/c1-3(5-2-6)9-4(7)8/h3H,1H3,(H,7,8). The lowest BCUT2D eigenvalue weighted by atomic mass is 10.7. The third kappa shape index (κ3) is 4.50. The Labute approximate surface area is 51.0 Å². The van der Waals surface area contributed by atoms with Gasteiger partial charge in [0.25, 0.3) is 0 Å². The van der Waals surface area contributed by atoms with Crippen molar-refractivity contribution in [1.29, 1.82) is 0 Å². The molecule has 0 fully saturated rings. The minimum atomic E-state index is -1.46. The van der Waals surface area contributed by atoms with Crippen LogP contribution in [0, 0.1) is 0 Å². The van der Waals surface area contributed by atoms with Crippen molar-refractivity contribution in [2.24, 2.45) is 4.99 Å². The van der Waals surface area contributed by atoms with Crippen molar-refractivity contribution in [3.8, 4) is 0 Å². The van der Waals surface area contributed by atoms with Gasteiger partial charge in [-0.2, -0.15) is 4.99 Å². The van der Waals surface area contributed by atoms with Gasteiger partial charge in [0, 0.05) is 0 Å². The van der Waals surface area contributed by atoms with Gasteiger partial charge < -0.3 is 9.84 Å².